The maximum Gasteiger partial charge on any atom is 0.309 e. The van der Waals surface area contributed by atoms with E-state index >= 15 is 0 Å². The fourth-order valence-corrected chi connectivity index (χ4v) is 4.33. The van der Waals surface area contributed by atoms with Crippen molar-refractivity contribution in [2.75, 3.05) is 20.2 Å². The molecule has 0 aliphatic carbocycles. The molecule has 3 aromatic rings. The van der Waals surface area contributed by atoms with Gasteiger partial charge in [0.25, 0.3) is 0 Å². The predicted octanol–water partition coefficient (Wildman–Crippen LogP) is 2.56. The van der Waals surface area contributed by atoms with E-state index in [0.717, 1.165) is 48.0 Å². The molecule has 4 rings (SSSR count). The summed E-state index contributed by atoms with van der Waals surface area (Å²) < 4.78 is 4.91. The van der Waals surface area contributed by atoms with Gasteiger partial charge in [-0.15, -0.1) is 0 Å². The van der Waals surface area contributed by atoms with Gasteiger partial charge in [-0.05, 0) is 6.07 Å². The molecule has 1 aliphatic heterocycles. The van der Waals surface area contributed by atoms with Crippen molar-refractivity contribution in [2.24, 2.45) is 5.92 Å². The van der Waals surface area contributed by atoms with Crippen molar-refractivity contribution in [1.29, 1.82) is 0 Å². The first-order valence-electron chi connectivity index (χ1n) is 9.76. The molecule has 0 unspecified atom stereocenters. The van der Waals surface area contributed by atoms with E-state index in [-0.39, 0.29) is 23.7 Å². The summed E-state index contributed by atoms with van der Waals surface area (Å²) in [7, 11) is 1.44. The highest BCUT2D eigenvalue weighted by molar-refractivity contribution is 6.10. The minimum atomic E-state index is -0.279. The Morgan fingerprint density at radius 3 is 2.43 bits per heavy atom. The van der Waals surface area contributed by atoms with Crippen LogP contribution in [0.3, 0.4) is 0 Å². The minimum Gasteiger partial charge on any atom is -0.469 e. The predicted molar refractivity (Wildman–Crippen MR) is 107 cm³/mol. The number of Topliss-reactive ketones (excluding diaryl/α,β-unsaturated/α-hetero) is 1. The molecule has 1 aromatic heterocycles. The van der Waals surface area contributed by atoms with Crippen LogP contribution in [0.25, 0.3) is 10.9 Å². The Balaban J connectivity index is 1.65. The fourth-order valence-electron chi connectivity index (χ4n) is 4.33. The normalized spacial score (nSPS) is 20.6. The van der Waals surface area contributed by atoms with Crippen LogP contribution in [0.5, 0.6) is 0 Å². The van der Waals surface area contributed by atoms with Gasteiger partial charge in [-0.3, -0.25) is 9.59 Å². The number of para-hydroxylation sites is 1. The second-order valence-corrected chi connectivity index (χ2v) is 7.41. The lowest BCUT2D eigenvalue weighted by Gasteiger charge is -2.33. The zero-order valence-electron chi connectivity index (χ0n) is 16.0. The molecule has 1 atom stereocenters. The molecule has 2 aromatic carbocycles. The van der Waals surface area contributed by atoms with Crippen molar-refractivity contribution in [3.8, 4) is 0 Å². The number of aromatic amines is 1. The van der Waals surface area contributed by atoms with Crippen molar-refractivity contribution < 1.29 is 19.2 Å². The number of fused-ring (bicyclic) bond motifs is 1. The first-order chi connectivity index (χ1) is 13.7. The molecule has 0 amide bonds. The van der Waals surface area contributed by atoms with Crippen LogP contribution >= 0.6 is 0 Å². The van der Waals surface area contributed by atoms with Crippen molar-refractivity contribution in [3.63, 3.8) is 0 Å². The molecule has 5 heteroatoms. The van der Waals surface area contributed by atoms with E-state index in [2.05, 4.69) is 4.98 Å². The summed E-state index contributed by atoms with van der Waals surface area (Å²) in [5, 5.41) is 0.956. The number of esters is 1. The molecule has 2 N–H and O–H groups in total. The number of ether oxygens (including phenoxy) is 1. The third-order valence-corrected chi connectivity index (χ3v) is 5.82. The number of quaternary nitrogens is 1. The summed E-state index contributed by atoms with van der Waals surface area (Å²) in [6.07, 6.45) is 3.31. The lowest BCUT2D eigenvalue weighted by atomic mass is 9.91. The summed E-state index contributed by atoms with van der Waals surface area (Å²) in [5.74, 6) is -0.0817. The number of H-pyrrole nitrogens is 1. The summed E-state index contributed by atoms with van der Waals surface area (Å²) in [5.41, 5.74) is 2.72. The summed E-state index contributed by atoms with van der Waals surface area (Å²) >= 11 is 0. The number of methoxy groups -OCH3 is 1. The zero-order chi connectivity index (χ0) is 19.5. The van der Waals surface area contributed by atoms with Crippen LogP contribution in [0.2, 0.25) is 0 Å². The van der Waals surface area contributed by atoms with Crippen LogP contribution in [0, 0.1) is 5.92 Å². The van der Waals surface area contributed by atoms with Gasteiger partial charge < -0.3 is 14.6 Å². The Morgan fingerprint density at radius 2 is 1.71 bits per heavy atom. The van der Waals surface area contributed by atoms with Crippen LogP contribution in [-0.4, -0.2) is 36.9 Å². The Labute approximate surface area is 164 Å². The molecule has 1 saturated heterocycles. The molecular weight excluding hydrogens is 352 g/mol. The molecular formula is C23H25N2O3+. The van der Waals surface area contributed by atoms with Gasteiger partial charge in [0.05, 0.1) is 26.1 Å². The monoisotopic (exact) mass is 377 g/mol. The van der Waals surface area contributed by atoms with E-state index in [4.69, 9.17) is 4.74 Å². The van der Waals surface area contributed by atoms with Crippen LogP contribution in [0.4, 0.5) is 0 Å². The molecule has 0 bridgehead atoms. The van der Waals surface area contributed by atoms with E-state index in [1.54, 1.807) is 0 Å². The van der Waals surface area contributed by atoms with Crippen LogP contribution in [0.1, 0.15) is 34.8 Å². The van der Waals surface area contributed by atoms with Gasteiger partial charge in [-0.25, -0.2) is 0 Å². The van der Waals surface area contributed by atoms with Gasteiger partial charge in [-0.1, -0.05) is 48.5 Å². The third kappa shape index (κ3) is 3.45. The third-order valence-electron chi connectivity index (χ3n) is 5.82. The highest BCUT2D eigenvalue weighted by Crippen LogP contribution is 2.24. The smallest absolute Gasteiger partial charge is 0.309 e. The Morgan fingerprint density at radius 1 is 1.04 bits per heavy atom. The van der Waals surface area contributed by atoms with Gasteiger partial charge in [0, 0.05) is 41.1 Å². The molecule has 1 aliphatic rings. The number of hydrogen-bond acceptors (Lipinski definition) is 3. The van der Waals surface area contributed by atoms with Crippen LogP contribution in [0.15, 0.2) is 60.8 Å². The largest absolute Gasteiger partial charge is 0.469 e. The molecule has 5 nitrogen and oxygen atoms in total. The zero-order valence-corrected chi connectivity index (χ0v) is 16.0. The fraction of sp³-hybridized carbons (Fsp3) is 0.304. The van der Waals surface area contributed by atoms with E-state index in [0.29, 0.717) is 0 Å². The SMILES string of the molecule is COC(=O)C1CC[NH+]([C@H](C(=O)c2c[nH]c3ccccc23)c2ccccc2)CC1. The van der Waals surface area contributed by atoms with E-state index < -0.39 is 0 Å². The Hall–Kier alpha value is -2.92. The lowest BCUT2D eigenvalue weighted by molar-refractivity contribution is -0.926. The number of carbonyl (C=O) groups excluding carboxylic acids is 2. The van der Waals surface area contributed by atoms with Crippen LogP contribution in [-0.2, 0) is 9.53 Å². The maximum absolute atomic E-state index is 13.7. The van der Waals surface area contributed by atoms with Crippen molar-refractivity contribution in [1.82, 2.24) is 4.98 Å². The highest BCUT2D eigenvalue weighted by Gasteiger charge is 2.37. The van der Waals surface area contributed by atoms with Gasteiger partial charge in [0.1, 0.15) is 0 Å². The number of likely N-dealkylation sites (tertiary alicyclic amines) is 1. The second-order valence-electron chi connectivity index (χ2n) is 7.41. The molecule has 0 radical (unpaired) electrons. The van der Waals surface area contributed by atoms with E-state index in [9.17, 15) is 9.59 Å². The van der Waals surface area contributed by atoms with Gasteiger partial charge in [0.15, 0.2) is 6.04 Å². The quantitative estimate of drug-likeness (QED) is 0.531. The number of hydrogen-bond donors (Lipinski definition) is 2. The highest BCUT2D eigenvalue weighted by atomic mass is 16.5. The summed E-state index contributed by atoms with van der Waals surface area (Å²) in [6.45, 7) is 1.54. The minimum absolute atomic E-state index is 0.0617. The van der Waals surface area contributed by atoms with E-state index in [1.807, 2.05) is 60.8 Å². The Kier molecular flexibility index (Phi) is 5.26. The first-order valence-corrected chi connectivity index (χ1v) is 9.76. The lowest BCUT2D eigenvalue weighted by Crippen LogP contribution is -3.14. The summed E-state index contributed by atoms with van der Waals surface area (Å²) in [6, 6.07) is 17.6. The van der Waals surface area contributed by atoms with Gasteiger partial charge in [-0.2, -0.15) is 0 Å². The molecule has 0 spiro atoms. The molecule has 144 valence electrons. The first kappa shape index (κ1) is 18.4. The molecule has 0 saturated carbocycles. The summed E-state index contributed by atoms with van der Waals surface area (Å²) in [4.78, 5) is 30.0. The Bertz CT molecular complexity index is 972. The van der Waals surface area contributed by atoms with Crippen molar-refractivity contribution in [3.05, 3.63) is 71.9 Å². The number of rotatable bonds is 5. The van der Waals surface area contributed by atoms with Gasteiger partial charge >= 0.3 is 5.97 Å². The van der Waals surface area contributed by atoms with Crippen LogP contribution < -0.4 is 4.90 Å². The average Bonchev–Trinajstić information content (AvgIpc) is 3.19. The molecule has 2 heterocycles. The number of aromatic nitrogens is 1. The number of nitrogens with one attached hydrogen (secondary N) is 2. The van der Waals surface area contributed by atoms with E-state index in [1.165, 1.54) is 12.0 Å². The number of piperidine rings is 1. The topological polar surface area (TPSA) is 63.6 Å². The standard InChI is InChI=1S/C23H24N2O3/c1-28-23(27)17-11-13-25(14-12-17)21(16-7-3-2-4-8-16)22(26)19-15-24-20-10-6-5-9-18(19)20/h2-10,15,17,21,24H,11-14H2,1H3/p+1/t21-/m0/s1. The second kappa shape index (κ2) is 7.98. The number of ketones is 1. The van der Waals surface area contributed by atoms with Crippen molar-refractivity contribution >= 4 is 22.7 Å². The molecule has 28 heavy (non-hydrogen) atoms. The number of benzene rings is 2. The van der Waals surface area contributed by atoms with Crippen molar-refractivity contribution in [2.45, 2.75) is 18.9 Å². The van der Waals surface area contributed by atoms with Gasteiger partial charge in [0.2, 0.25) is 5.78 Å². The maximum atomic E-state index is 13.7. The number of carbonyl (C=O) groups is 2. The average molecular weight is 377 g/mol. The molecule has 1 fully saturated rings.